The fraction of sp³-hybridized carbons (Fsp3) is 0.667. The molecule has 0 spiro atoms. The highest BCUT2D eigenvalue weighted by atomic mass is 32.2. The van der Waals surface area contributed by atoms with Crippen molar-refractivity contribution in [2.45, 2.75) is 19.4 Å². The minimum atomic E-state index is -0.135. The van der Waals surface area contributed by atoms with Gasteiger partial charge in [0.25, 0.3) is 0 Å². The van der Waals surface area contributed by atoms with E-state index in [9.17, 15) is 0 Å². The topological polar surface area (TPSA) is 36.8 Å². The van der Waals surface area contributed by atoms with Crippen LogP contribution in [0.4, 0.5) is 0 Å². The average Bonchev–Trinajstić information content (AvgIpc) is 1.86. The lowest BCUT2D eigenvalue weighted by molar-refractivity contribution is 0.692. The maximum atomic E-state index is 4.35. The molecular formula is C6H11N3S. The molecule has 0 saturated carbocycles. The summed E-state index contributed by atoms with van der Waals surface area (Å²) in [5, 5.41) is 4.84. The van der Waals surface area contributed by atoms with Crippen LogP contribution < -0.4 is 5.43 Å². The van der Waals surface area contributed by atoms with Crippen LogP contribution in [0, 0.1) is 0 Å². The highest BCUT2D eigenvalue weighted by molar-refractivity contribution is 8.13. The molecule has 0 aromatic rings. The van der Waals surface area contributed by atoms with Gasteiger partial charge in [-0.1, -0.05) is 11.8 Å². The average molecular weight is 157 g/mol. The van der Waals surface area contributed by atoms with E-state index in [0.717, 1.165) is 5.17 Å². The van der Waals surface area contributed by atoms with Crippen molar-refractivity contribution in [2.24, 2.45) is 10.1 Å². The second-order valence-corrected chi connectivity index (χ2v) is 3.44. The van der Waals surface area contributed by atoms with Gasteiger partial charge in [0.05, 0.1) is 11.8 Å². The smallest absolute Gasteiger partial charge is 0.177 e. The fourth-order valence-corrected chi connectivity index (χ4v) is 1.12. The molecule has 10 heavy (non-hydrogen) atoms. The number of hydrogen-bond acceptors (Lipinski definition) is 4. The summed E-state index contributed by atoms with van der Waals surface area (Å²) in [7, 11) is 0. The van der Waals surface area contributed by atoms with E-state index in [1.54, 1.807) is 18.0 Å². The highest BCUT2D eigenvalue weighted by Crippen LogP contribution is 2.11. The van der Waals surface area contributed by atoms with Crippen molar-refractivity contribution in [3.05, 3.63) is 0 Å². The van der Waals surface area contributed by atoms with E-state index in [4.69, 9.17) is 0 Å². The number of nitrogens with one attached hydrogen (secondary N) is 1. The minimum Gasteiger partial charge on any atom is -0.256 e. The molecule has 0 radical (unpaired) electrons. The van der Waals surface area contributed by atoms with Crippen LogP contribution in [0.3, 0.4) is 0 Å². The molecule has 0 bridgehead atoms. The number of hydrogen-bond donors (Lipinski definition) is 1. The summed E-state index contributed by atoms with van der Waals surface area (Å²) in [6, 6.07) is 0. The molecule has 4 heteroatoms. The second kappa shape index (κ2) is 2.62. The second-order valence-electron chi connectivity index (χ2n) is 2.64. The van der Waals surface area contributed by atoms with Gasteiger partial charge in [-0.2, -0.15) is 5.10 Å². The summed E-state index contributed by atoms with van der Waals surface area (Å²) >= 11 is 1.57. The van der Waals surface area contributed by atoms with Crippen LogP contribution in [0.2, 0.25) is 0 Å². The molecule has 56 valence electrons. The third-order valence-electron chi connectivity index (χ3n) is 1.12. The van der Waals surface area contributed by atoms with Crippen molar-refractivity contribution in [1.29, 1.82) is 0 Å². The monoisotopic (exact) mass is 157 g/mol. The van der Waals surface area contributed by atoms with Crippen LogP contribution in [0.15, 0.2) is 10.1 Å². The SMILES string of the molecule is CSC1=NC(C)(C)C=NN1. The first-order chi connectivity index (χ1) is 4.64. The van der Waals surface area contributed by atoms with Gasteiger partial charge in [0.15, 0.2) is 5.17 Å². The number of rotatable bonds is 0. The van der Waals surface area contributed by atoms with Gasteiger partial charge in [-0.3, -0.25) is 5.43 Å². The van der Waals surface area contributed by atoms with Crippen molar-refractivity contribution >= 4 is 23.1 Å². The van der Waals surface area contributed by atoms with Crippen LogP contribution in [0.1, 0.15) is 13.8 Å². The summed E-state index contributed by atoms with van der Waals surface area (Å²) in [6.45, 7) is 4.04. The first-order valence-electron chi connectivity index (χ1n) is 3.08. The zero-order chi connectivity index (χ0) is 7.61. The quantitative estimate of drug-likeness (QED) is 0.571. The molecule has 0 amide bonds. The maximum Gasteiger partial charge on any atom is 0.177 e. The summed E-state index contributed by atoms with van der Waals surface area (Å²) in [6.07, 6.45) is 3.77. The highest BCUT2D eigenvalue weighted by Gasteiger charge is 2.17. The molecule has 0 fully saturated rings. The lowest BCUT2D eigenvalue weighted by atomic mass is 10.1. The van der Waals surface area contributed by atoms with E-state index in [1.165, 1.54) is 0 Å². The molecule has 1 N–H and O–H groups in total. The summed E-state index contributed by atoms with van der Waals surface area (Å²) in [5.41, 5.74) is 2.67. The van der Waals surface area contributed by atoms with E-state index in [2.05, 4.69) is 15.5 Å². The van der Waals surface area contributed by atoms with Gasteiger partial charge in [-0.25, -0.2) is 4.99 Å². The summed E-state index contributed by atoms with van der Waals surface area (Å²) in [4.78, 5) is 4.35. The Labute approximate surface area is 65.0 Å². The molecule has 0 aromatic heterocycles. The van der Waals surface area contributed by atoms with Gasteiger partial charge >= 0.3 is 0 Å². The molecule has 1 heterocycles. The summed E-state index contributed by atoms with van der Waals surface area (Å²) in [5.74, 6) is 0. The third-order valence-corrected chi connectivity index (χ3v) is 1.69. The lowest BCUT2D eigenvalue weighted by Crippen LogP contribution is -2.31. The van der Waals surface area contributed by atoms with Gasteiger partial charge in [-0.15, -0.1) is 0 Å². The first-order valence-corrected chi connectivity index (χ1v) is 4.30. The van der Waals surface area contributed by atoms with Gasteiger partial charge in [0, 0.05) is 0 Å². The van der Waals surface area contributed by atoms with E-state index >= 15 is 0 Å². The van der Waals surface area contributed by atoms with Gasteiger partial charge in [0.2, 0.25) is 0 Å². The fourth-order valence-electron chi connectivity index (χ4n) is 0.652. The Morgan fingerprint density at radius 1 is 1.60 bits per heavy atom. The van der Waals surface area contributed by atoms with Crippen LogP contribution in [-0.4, -0.2) is 23.2 Å². The molecule has 1 aliphatic heterocycles. The van der Waals surface area contributed by atoms with Crippen molar-refractivity contribution in [2.75, 3.05) is 6.26 Å². The molecule has 0 atom stereocenters. The van der Waals surface area contributed by atoms with E-state index in [-0.39, 0.29) is 5.54 Å². The van der Waals surface area contributed by atoms with Gasteiger partial charge in [-0.05, 0) is 20.1 Å². The Bertz CT molecular complexity index is 183. The number of amidine groups is 1. The molecule has 1 aliphatic rings. The predicted molar refractivity (Wildman–Crippen MR) is 46.7 cm³/mol. The first kappa shape index (κ1) is 7.60. The van der Waals surface area contributed by atoms with Crippen molar-refractivity contribution in [3.63, 3.8) is 0 Å². The Hall–Kier alpha value is -0.510. The van der Waals surface area contributed by atoms with Crippen molar-refractivity contribution in [3.8, 4) is 0 Å². The lowest BCUT2D eigenvalue weighted by Gasteiger charge is -2.19. The normalized spacial score (nSPS) is 21.7. The van der Waals surface area contributed by atoms with Crippen LogP contribution in [-0.2, 0) is 0 Å². The van der Waals surface area contributed by atoms with E-state index in [0.29, 0.717) is 0 Å². The van der Waals surface area contributed by atoms with Crippen molar-refractivity contribution < 1.29 is 0 Å². The van der Waals surface area contributed by atoms with Gasteiger partial charge in [0.1, 0.15) is 0 Å². The summed E-state index contributed by atoms with van der Waals surface area (Å²) < 4.78 is 0. The number of thioether (sulfide) groups is 1. The van der Waals surface area contributed by atoms with Crippen LogP contribution in [0.25, 0.3) is 0 Å². The molecule has 1 rings (SSSR count). The van der Waals surface area contributed by atoms with Crippen LogP contribution >= 0.6 is 11.8 Å². The van der Waals surface area contributed by atoms with E-state index < -0.39 is 0 Å². The standard InChI is InChI=1S/C6H11N3S/c1-6(2)4-7-9-5(8-6)10-3/h4H,1-3H3,(H,8,9). The number of nitrogens with zero attached hydrogens (tertiary/aromatic N) is 2. The Kier molecular flexibility index (Phi) is 1.99. The Balaban J connectivity index is 2.73. The largest absolute Gasteiger partial charge is 0.256 e. The number of hydrazone groups is 1. The molecule has 0 aliphatic carbocycles. The number of aliphatic imine (C=N–C) groups is 1. The Morgan fingerprint density at radius 2 is 2.30 bits per heavy atom. The van der Waals surface area contributed by atoms with Crippen molar-refractivity contribution in [1.82, 2.24) is 5.43 Å². The predicted octanol–water partition coefficient (Wildman–Crippen LogP) is 1.07. The van der Waals surface area contributed by atoms with Gasteiger partial charge < -0.3 is 0 Å². The Morgan fingerprint density at radius 3 is 2.70 bits per heavy atom. The minimum absolute atomic E-state index is 0.135. The maximum absolute atomic E-state index is 4.35. The molecule has 3 nitrogen and oxygen atoms in total. The zero-order valence-corrected chi connectivity index (χ0v) is 7.20. The molecule has 0 saturated heterocycles. The molecule has 0 aromatic carbocycles. The third kappa shape index (κ3) is 1.73. The van der Waals surface area contributed by atoms with E-state index in [1.807, 2.05) is 20.1 Å². The molecule has 0 unspecified atom stereocenters. The molecular weight excluding hydrogens is 146 g/mol. The zero-order valence-electron chi connectivity index (χ0n) is 6.38. The van der Waals surface area contributed by atoms with Crippen LogP contribution in [0.5, 0.6) is 0 Å².